The summed E-state index contributed by atoms with van der Waals surface area (Å²) in [6, 6.07) is 22.0. The second-order valence-electron chi connectivity index (χ2n) is 14.4. The number of aromatic amines is 1. The second kappa shape index (κ2) is 16.2. The van der Waals surface area contributed by atoms with Crippen molar-refractivity contribution in [3.8, 4) is 22.5 Å². The van der Waals surface area contributed by atoms with Crippen LogP contribution in [0.1, 0.15) is 71.5 Å². The molecule has 2 amide bonds. The van der Waals surface area contributed by atoms with E-state index < -0.39 is 11.9 Å². The molecule has 0 bridgehead atoms. The molecule has 0 spiro atoms. The predicted molar refractivity (Wildman–Crippen MR) is 225 cm³/mol. The summed E-state index contributed by atoms with van der Waals surface area (Å²) in [5, 5.41) is 5.37. The quantitative estimate of drug-likeness (QED) is 0.139. The zero-order chi connectivity index (χ0) is 39.8. The molecule has 11 nitrogen and oxygen atoms in total. The Morgan fingerprint density at radius 2 is 1.68 bits per heavy atom. The average Bonchev–Trinajstić information content (AvgIpc) is 3.82. The summed E-state index contributed by atoms with van der Waals surface area (Å²) >= 11 is 19.6. The van der Waals surface area contributed by atoms with Crippen LogP contribution in [-0.2, 0) is 9.53 Å². The number of halogens is 3. The van der Waals surface area contributed by atoms with Gasteiger partial charge in [-0.3, -0.25) is 9.59 Å². The van der Waals surface area contributed by atoms with Crippen molar-refractivity contribution in [3.63, 3.8) is 0 Å². The van der Waals surface area contributed by atoms with Crippen LogP contribution in [0.25, 0.3) is 33.4 Å². The SMILES string of the molecule is COC(=O)c1cnc(N2CCC(N3CCCCC3=O)CC2)c(NC(=O)c2[nH]c3cc(Cl)ccc3c2-c2c(-c3ccccc3)ncn2[C@@H](C)c2ccc(Cl)cc2Cl)c1. The largest absolute Gasteiger partial charge is 0.465 e. The van der Waals surface area contributed by atoms with E-state index in [-0.39, 0.29) is 29.2 Å². The Bertz CT molecular complexity index is 2490. The summed E-state index contributed by atoms with van der Waals surface area (Å²) in [4.78, 5) is 57.5. The van der Waals surface area contributed by atoms with E-state index in [4.69, 9.17) is 49.5 Å². The number of imidazole rings is 1. The normalized spacial score (nSPS) is 15.6. The number of H-pyrrole nitrogens is 1. The Hall–Kier alpha value is -5.36. The van der Waals surface area contributed by atoms with Crippen molar-refractivity contribution in [1.29, 1.82) is 0 Å². The van der Waals surface area contributed by atoms with Gasteiger partial charge in [-0.15, -0.1) is 0 Å². The summed E-state index contributed by atoms with van der Waals surface area (Å²) in [6.07, 6.45) is 7.28. The third-order valence-corrected chi connectivity index (χ3v) is 11.8. The molecule has 3 aromatic heterocycles. The smallest absolute Gasteiger partial charge is 0.339 e. The monoisotopic (exact) mass is 823 g/mol. The number of nitrogens with zero attached hydrogens (tertiary/aromatic N) is 5. The molecule has 3 aromatic carbocycles. The summed E-state index contributed by atoms with van der Waals surface area (Å²) in [6.45, 7) is 4.03. The average molecular weight is 825 g/mol. The number of methoxy groups -OCH3 is 1. The molecule has 2 aliphatic rings. The summed E-state index contributed by atoms with van der Waals surface area (Å²) in [5.74, 6) is -0.327. The van der Waals surface area contributed by atoms with E-state index in [1.807, 2.05) is 58.9 Å². The van der Waals surface area contributed by atoms with Gasteiger partial charge >= 0.3 is 5.97 Å². The Labute approximate surface area is 344 Å². The molecular formula is C43H40Cl3N7O4. The Morgan fingerprint density at radius 1 is 0.930 bits per heavy atom. The number of likely N-dealkylation sites (tertiary alicyclic amines) is 1. The second-order valence-corrected chi connectivity index (χ2v) is 15.7. The molecule has 1 atom stereocenters. The maximum Gasteiger partial charge on any atom is 0.339 e. The third kappa shape index (κ3) is 7.59. The minimum Gasteiger partial charge on any atom is -0.465 e. The van der Waals surface area contributed by atoms with Crippen LogP contribution in [0.3, 0.4) is 0 Å². The van der Waals surface area contributed by atoms with Gasteiger partial charge in [-0.05, 0) is 68.5 Å². The van der Waals surface area contributed by atoms with Gasteiger partial charge in [0.25, 0.3) is 5.91 Å². The molecule has 2 fully saturated rings. The van der Waals surface area contributed by atoms with Crippen LogP contribution in [0.15, 0.2) is 85.3 Å². The van der Waals surface area contributed by atoms with E-state index in [0.717, 1.165) is 48.7 Å². The number of esters is 1. The number of amides is 2. The molecule has 0 unspecified atom stereocenters. The number of aromatic nitrogens is 4. The Balaban J connectivity index is 1.23. The highest BCUT2D eigenvalue weighted by atomic mass is 35.5. The maximum atomic E-state index is 14.9. The zero-order valence-electron chi connectivity index (χ0n) is 31.4. The lowest BCUT2D eigenvalue weighted by Gasteiger charge is -2.41. The first kappa shape index (κ1) is 38.5. The molecule has 57 heavy (non-hydrogen) atoms. The zero-order valence-corrected chi connectivity index (χ0v) is 33.7. The number of piperidine rings is 2. The highest BCUT2D eigenvalue weighted by molar-refractivity contribution is 6.35. The minimum atomic E-state index is -0.584. The van der Waals surface area contributed by atoms with Crippen molar-refractivity contribution in [3.05, 3.63) is 117 Å². The lowest BCUT2D eigenvalue weighted by atomic mass is 9.99. The fourth-order valence-corrected chi connectivity index (χ4v) is 8.84. The Morgan fingerprint density at radius 3 is 2.42 bits per heavy atom. The molecule has 0 saturated carbocycles. The molecule has 292 valence electrons. The van der Waals surface area contributed by atoms with Crippen LogP contribution < -0.4 is 10.2 Å². The van der Waals surface area contributed by atoms with Gasteiger partial charge in [0.05, 0.1) is 42.1 Å². The number of carbonyl (C=O) groups is 3. The third-order valence-electron chi connectivity index (χ3n) is 11.0. The first-order chi connectivity index (χ1) is 27.6. The molecule has 0 aliphatic carbocycles. The number of ether oxygens (including phenoxy) is 1. The maximum absolute atomic E-state index is 14.9. The van der Waals surface area contributed by atoms with Gasteiger partial charge in [-0.25, -0.2) is 14.8 Å². The van der Waals surface area contributed by atoms with Crippen molar-refractivity contribution >= 4 is 75.0 Å². The van der Waals surface area contributed by atoms with Gasteiger partial charge in [0, 0.05) is 75.4 Å². The minimum absolute atomic E-state index is 0.149. The van der Waals surface area contributed by atoms with Crippen molar-refractivity contribution < 1.29 is 19.1 Å². The fourth-order valence-electron chi connectivity index (χ4n) is 8.10. The van der Waals surface area contributed by atoms with Crippen molar-refractivity contribution in [2.24, 2.45) is 0 Å². The van der Waals surface area contributed by atoms with Gasteiger partial charge in [0.15, 0.2) is 5.82 Å². The van der Waals surface area contributed by atoms with Crippen LogP contribution in [0, 0.1) is 0 Å². The number of anilines is 2. The van der Waals surface area contributed by atoms with Crippen LogP contribution in [-0.4, -0.2) is 75.0 Å². The van der Waals surface area contributed by atoms with Gasteiger partial charge in [-0.2, -0.15) is 0 Å². The highest BCUT2D eigenvalue weighted by Gasteiger charge is 2.32. The number of benzene rings is 3. The van der Waals surface area contributed by atoms with E-state index in [0.29, 0.717) is 68.6 Å². The number of carbonyl (C=O) groups excluding carboxylic acids is 3. The molecule has 5 heterocycles. The van der Waals surface area contributed by atoms with Gasteiger partial charge in [0.2, 0.25) is 5.91 Å². The molecule has 6 aromatic rings. The highest BCUT2D eigenvalue weighted by Crippen LogP contribution is 2.43. The van der Waals surface area contributed by atoms with Crippen molar-refractivity contribution in [2.45, 2.75) is 51.1 Å². The van der Waals surface area contributed by atoms with Crippen molar-refractivity contribution in [2.75, 3.05) is 37.0 Å². The fraction of sp³-hybridized carbons (Fsp3) is 0.279. The topological polar surface area (TPSA) is 125 Å². The van der Waals surface area contributed by atoms with Crippen LogP contribution in [0.2, 0.25) is 15.1 Å². The van der Waals surface area contributed by atoms with Crippen molar-refractivity contribution in [1.82, 2.24) is 24.4 Å². The number of hydrogen-bond donors (Lipinski definition) is 2. The van der Waals surface area contributed by atoms with Crippen LogP contribution >= 0.6 is 34.8 Å². The number of fused-ring (bicyclic) bond motifs is 1. The standard InChI is InChI=1S/C43H40Cl3N7O4/c1-25(31-13-11-28(44)21-33(31)46)53-24-48-38(26-8-4-3-5-9-26)40(53)37-32-14-12-29(45)22-34(32)49-39(37)42(55)50-35-20-27(43(56)57-2)23-47-41(35)51-18-15-30(16-19-51)52-17-7-6-10-36(52)54/h3-5,8-9,11-14,20-25,30,49H,6-7,10,15-19H2,1-2H3,(H,50,55)/t25-/m0/s1. The number of hydrogen-bond acceptors (Lipinski definition) is 7. The Kier molecular flexibility index (Phi) is 11.0. The summed E-state index contributed by atoms with van der Waals surface area (Å²) < 4.78 is 7.04. The van der Waals surface area contributed by atoms with Gasteiger partial charge < -0.3 is 29.4 Å². The molecule has 14 heteroatoms. The molecule has 2 aliphatic heterocycles. The van der Waals surface area contributed by atoms with E-state index >= 15 is 0 Å². The molecule has 2 N–H and O–H groups in total. The van der Waals surface area contributed by atoms with E-state index in [9.17, 15) is 14.4 Å². The van der Waals surface area contributed by atoms with Gasteiger partial charge in [-0.1, -0.05) is 77.3 Å². The van der Waals surface area contributed by atoms with E-state index in [1.54, 1.807) is 36.7 Å². The number of pyridine rings is 1. The van der Waals surface area contributed by atoms with E-state index in [1.165, 1.54) is 13.3 Å². The lowest BCUT2D eigenvalue weighted by Crippen LogP contribution is -2.49. The number of rotatable bonds is 9. The van der Waals surface area contributed by atoms with E-state index in [2.05, 4.69) is 15.2 Å². The first-order valence-corrected chi connectivity index (χ1v) is 20.1. The number of nitrogens with one attached hydrogen (secondary N) is 2. The summed E-state index contributed by atoms with van der Waals surface area (Å²) in [5.41, 5.74) is 5.01. The molecular weight excluding hydrogens is 785 g/mol. The predicted octanol–water partition coefficient (Wildman–Crippen LogP) is 9.68. The molecule has 8 rings (SSSR count). The summed E-state index contributed by atoms with van der Waals surface area (Å²) in [7, 11) is 1.30. The van der Waals surface area contributed by atoms with Gasteiger partial charge in [0.1, 0.15) is 5.69 Å². The van der Waals surface area contributed by atoms with Crippen LogP contribution in [0.4, 0.5) is 11.5 Å². The van der Waals surface area contributed by atoms with Crippen LogP contribution in [0.5, 0.6) is 0 Å². The molecule has 0 radical (unpaired) electrons. The molecule has 2 saturated heterocycles. The first-order valence-electron chi connectivity index (χ1n) is 18.9. The lowest BCUT2D eigenvalue weighted by molar-refractivity contribution is -0.136.